The molecular weight excluding hydrogens is 234 g/mol. The van der Waals surface area contributed by atoms with Gasteiger partial charge in [0.1, 0.15) is 11.6 Å². The maximum absolute atomic E-state index is 13.2. The van der Waals surface area contributed by atoms with Crippen LogP contribution < -0.4 is 0 Å². The second-order valence-corrected chi connectivity index (χ2v) is 6.10. The summed E-state index contributed by atoms with van der Waals surface area (Å²) in [5.41, 5.74) is 0.335. The first-order valence-electron chi connectivity index (χ1n) is 4.77. The smallest absolute Gasteiger partial charge is 0.390 e. The summed E-state index contributed by atoms with van der Waals surface area (Å²) in [4.78, 5) is 9.73. The molecule has 0 aliphatic heterocycles. The Bertz CT molecular complexity index is 356. The van der Waals surface area contributed by atoms with Gasteiger partial charge < -0.3 is 13.6 Å². The highest BCUT2D eigenvalue weighted by molar-refractivity contribution is 6.59. The number of hydrogen-bond donors (Lipinski definition) is 1. The van der Waals surface area contributed by atoms with Gasteiger partial charge in [-0.25, -0.2) is 8.78 Å². The molecule has 0 radical (unpaired) electrons. The third-order valence-electron chi connectivity index (χ3n) is 2.36. The van der Waals surface area contributed by atoms with Crippen LogP contribution in [0.4, 0.5) is 8.78 Å². The van der Waals surface area contributed by atoms with Gasteiger partial charge in [0.15, 0.2) is 0 Å². The molecule has 0 aliphatic carbocycles. The van der Waals surface area contributed by atoms with Gasteiger partial charge in [0, 0.05) is 26.3 Å². The second kappa shape index (κ2) is 5.49. The molecule has 3 nitrogen and oxygen atoms in total. The molecule has 0 amide bonds. The van der Waals surface area contributed by atoms with Crippen LogP contribution in [0, 0.1) is 11.6 Å². The van der Waals surface area contributed by atoms with Gasteiger partial charge in [-0.3, -0.25) is 0 Å². The lowest BCUT2D eigenvalue weighted by Gasteiger charge is -2.19. The van der Waals surface area contributed by atoms with Crippen LogP contribution in [-0.4, -0.2) is 27.8 Å². The van der Waals surface area contributed by atoms with Gasteiger partial charge in [0.2, 0.25) is 0 Å². The summed E-state index contributed by atoms with van der Waals surface area (Å²) in [6.07, 6.45) is 0.247. The number of aryl methyl sites for hydroxylation is 1. The fourth-order valence-electron chi connectivity index (χ4n) is 1.30. The normalized spacial score (nSPS) is 11.8. The maximum Gasteiger partial charge on any atom is 0.498 e. The molecule has 0 aromatic heterocycles. The van der Waals surface area contributed by atoms with Crippen molar-refractivity contribution < 1.29 is 22.4 Å². The Morgan fingerprint density at radius 2 is 1.88 bits per heavy atom. The minimum Gasteiger partial charge on any atom is -0.390 e. The molecule has 0 heterocycles. The average molecular weight is 248 g/mol. The molecule has 0 fully saturated rings. The largest absolute Gasteiger partial charge is 0.498 e. The van der Waals surface area contributed by atoms with Crippen LogP contribution in [0.5, 0.6) is 0 Å². The van der Waals surface area contributed by atoms with E-state index >= 15 is 0 Å². The number of halogens is 2. The van der Waals surface area contributed by atoms with Gasteiger partial charge in [0.05, 0.1) is 0 Å². The highest BCUT2D eigenvalue weighted by atomic mass is 28.4. The third-order valence-corrected chi connectivity index (χ3v) is 4.52. The standard InChI is InChI=1S/C10H14F2O3Si/c1-14-16(13,15-2)6-5-8-3-4-9(11)7-10(8)12/h3-4,7,13H,5-6H2,1-2H3. The summed E-state index contributed by atoms with van der Waals surface area (Å²) in [6, 6.07) is 3.54. The lowest BCUT2D eigenvalue weighted by molar-refractivity contribution is 0.151. The lowest BCUT2D eigenvalue weighted by Crippen LogP contribution is -2.40. The van der Waals surface area contributed by atoms with E-state index in [4.69, 9.17) is 8.85 Å². The van der Waals surface area contributed by atoms with Crippen molar-refractivity contribution in [3.05, 3.63) is 35.4 Å². The van der Waals surface area contributed by atoms with Crippen LogP contribution in [0.1, 0.15) is 5.56 Å². The Kier molecular flexibility index (Phi) is 4.54. The first-order chi connectivity index (χ1) is 7.50. The van der Waals surface area contributed by atoms with E-state index in [0.29, 0.717) is 5.56 Å². The maximum atomic E-state index is 13.2. The summed E-state index contributed by atoms with van der Waals surface area (Å²) in [5.74, 6) is -1.24. The average Bonchev–Trinajstić information content (AvgIpc) is 2.27. The molecule has 90 valence electrons. The zero-order valence-corrected chi connectivity index (χ0v) is 10.2. The minimum atomic E-state index is -3.18. The predicted molar refractivity (Wildman–Crippen MR) is 56.9 cm³/mol. The quantitative estimate of drug-likeness (QED) is 0.807. The summed E-state index contributed by atoms with van der Waals surface area (Å²) >= 11 is 0. The van der Waals surface area contributed by atoms with E-state index in [9.17, 15) is 13.6 Å². The van der Waals surface area contributed by atoms with Gasteiger partial charge >= 0.3 is 8.80 Å². The first-order valence-corrected chi connectivity index (χ1v) is 6.74. The molecule has 0 saturated carbocycles. The fourth-order valence-corrected chi connectivity index (χ4v) is 2.46. The number of rotatable bonds is 5. The minimum absolute atomic E-state index is 0.197. The molecular formula is C10H14F2O3Si. The van der Waals surface area contributed by atoms with Crippen molar-refractivity contribution in [2.24, 2.45) is 0 Å². The molecule has 1 aromatic rings. The van der Waals surface area contributed by atoms with Crippen LogP contribution in [0.25, 0.3) is 0 Å². The molecule has 0 saturated heterocycles. The molecule has 0 unspecified atom stereocenters. The SMILES string of the molecule is CO[Si](O)(CCc1ccc(F)cc1F)OC. The van der Waals surface area contributed by atoms with Crippen LogP contribution in [-0.2, 0) is 15.3 Å². The van der Waals surface area contributed by atoms with Crippen molar-refractivity contribution in [2.45, 2.75) is 12.5 Å². The van der Waals surface area contributed by atoms with E-state index < -0.39 is 20.4 Å². The van der Waals surface area contributed by atoms with E-state index in [1.165, 1.54) is 26.4 Å². The number of hydrogen-bond acceptors (Lipinski definition) is 3. The van der Waals surface area contributed by atoms with Crippen molar-refractivity contribution in [3.8, 4) is 0 Å². The molecule has 0 aliphatic rings. The van der Waals surface area contributed by atoms with E-state index in [1.807, 2.05) is 0 Å². The van der Waals surface area contributed by atoms with Gasteiger partial charge in [-0.15, -0.1) is 0 Å². The Balaban J connectivity index is 2.67. The molecule has 0 spiro atoms. The summed E-state index contributed by atoms with van der Waals surface area (Å²) in [6.45, 7) is 0. The Morgan fingerprint density at radius 1 is 1.25 bits per heavy atom. The number of benzene rings is 1. The third kappa shape index (κ3) is 3.34. The second-order valence-electron chi connectivity index (χ2n) is 3.36. The highest BCUT2D eigenvalue weighted by Gasteiger charge is 2.33. The molecule has 1 N–H and O–H groups in total. The fraction of sp³-hybridized carbons (Fsp3) is 0.400. The molecule has 0 atom stereocenters. The zero-order valence-electron chi connectivity index (χ0n) is 9.17. The van der Waals surface area contributed by atoms with Crippen LogP contribution in [0.2, 0.25) is 6.04 Å². The first kappa shape index (κ1) is 13.2. The van der Waals surface area contributed by atoms with Gasteiger partial charge in [-0.1, -0.05) is 6.07 Å². The predicted octanol–water partition coefficient (Wildman–Crippen LogP) is 1.73. The molecule has 1 rings (SSSR count). The molecule has 6 heteroatoms. The molecule has 16 heavy (non-hydrogen) atoms. The summed E-state index contributed by atoms with van der Waals surface area (Å²) in [5, 5.41) is 0. The highest BCUT2D eigenvalue weighted by Crippen LogP contribution is 2.16. The summed E-state index contributed by atoms with van der Waals surface area (Å²) in [7, 11) is -0.489. The van der Waals surface area contributed by atoms with Gasteiger partial charge in [-0.2, -0.15) is 0 Å². The Labute approximate surface area is 94.0 Å². The molecule has 1 aromatic carbocycles. The summed E-state index contributed by atoms with van der Waals surface area (Å²) < 4.78 is 35.6. The zero-order chi connectivity index (χ0) is 12.2. The Hall–Kier alpha value is -0.823. The lowest BCUT2D eigenvalue weighted by atomic mass is 10.1. The van der Waals surface area contributed by atoms with Gasteiger partial charge in [0.25, 0.3) is 0 Å². The van der Waals surface area contributed by atoms with Crippen LogP contribution in [0.15, 0.2) is 18.2 Å². The van der Waals surface area contributed by atoms with E-state index in [2.05, 4.69) is 0 Å². The van der Waals surface area contributed by atoms with Crippen molar-refractivity contribution in [1.82, 2.24) is 0 Å². The van der Waals surface area contributed by atoms with E-state index in [1.54, 1.807) is 0 Å². The topological polar surface area (TPSA) is 38.7 Å². The van der Waals surface area contributed by atoms with Crippen molar-refractivity contribution >= 4 is 8.80 Å². The van der Waals surface area contributed by atoms with Crippen LogP contribution >= 0.6 is 0 Å². The van der Waals surface area contributed by atoms with Crippen LogP contribution in [0.3, 0.4) is 0 Å². The monoisotopic (exact) mass is 248 g/mol. The molecule has 0 bridgehead atoms. The van der Waals surface area contributed by atoms with E-state index in [0.717, 1.165) is 6.07 Å². The van der Waals surface area contributed by atoms with E-state index in [-0.39, 0.29) is 12.5 Å². The van der Waals surface area contributed by atoms with Crippen molar-refractivity contribution in [3.63, 3.8) is 0 Å². The Morgan fingerprint density at radius 3 is 2.38 bits per heavy atom. The van der Waals surface area contributed by atoms with Gasteiger partial charge in [-0.05, 0) is 18.1 Å². The van der Waals surface area contributed by atoms with Crippen molar-refractivity contribution in [1.29, 1.82) is 0 Å². The van der Waals surface area contributed by atoms with Crippen molar-refractivity contribution in [2.75, 3.05) is 14.2 Å².